The van der Waals surface area contributed by atoms with E-state index >= 15 is 0 Å². The Kier molecular flexibility index (Phi) is 4.96. The number of benzene rings is 2. The third-order valence-electron chi connectivity index (χ3n) is 8.24. The molecule has 174 valence electrons. The number of nitriles is 1. The van der Waals surface area contributed by atoms with Crippen LogP contribution in [0, 0.1) is 29.1 Å². The lowest BCUT2D eigenvalue weighted by Crippen LogP contribution is -2.52. The number of rotatable bonds is 3. The van der Waals surface area contributed by atoms with E-state index in [4.69, 9.17) is 5.10 Å². The van der Waals surface area contributed by atoms with Gasteiger partial charge in [-0.2, -0.15) is 15.5 Å². The van der Waals surface area contributed by atoms with Crippen LogP contribution in [0.4, 0.5) is 0 Å². The third-order valence-corrected chi connectivity index (χ3v) is 8.24. The maximum absolute atomic E-state index is 13.1. The largest absolute Gasteiger partial charge is 0.298 e. The Labute approximate surface area is 204 Å². The SMILES string of the molecule is C[C@@H]1C(=O)C(C#N)C[C@@]2(c3ccccc3)c3nn(C)c(-c4cccc(-c5cn[nH]c5)c4)c3CC[C@@H]12. The molecule has 1 fully saturated rings. The Morgan fingerprint density at radius 3 is 2.66 bits per heavy atom. The van der Waals surface area contributed by atoms with Crippen molar-refractivity contribution in [2.75, 3.05) is 0 Å². The number of carbonyl (C=O) groups is 1. The van der Waals surface area contributed by atoms with Gasteiger partial charge in [-0.25, -0.2) is 0 Å². The number of hydrogen-bond donors (Lipinski definition) is 1. The molecule has 2 aliphatic carbocycles. The number of aromatic nitrogens is 4. The lowest BCUT2D eigenvalue weighted by molar-refractivity contribution is -0.131. The van der Waals surface area contributed by atoms with Gasteiger partial charge >= 0.3 is 0 Å². The first-order valence-corrected chi connectivity index (χ1v) is 12.2. The lowest BCUT2D eigenvalue weighted by Gasteiger charge is -2.50. The number of aromatic amines is 1. The molecular weight excluding hydrogens is 434 g/mol. The van der Waals surface area contributed by atoms with Gasteiger partial charge in [0.05, 0.1) is 23.7 Å². The summed E-state index contributed by atoms with van der Waals surface area (Å²) in [5.41, 5.74) is 7.32. The first kappa shape index (κ1) is 21.5. The predicted octanol–water partition coefficient (Wildman–Crippen LogP) is 5.07. The van der Waals surface area contributed by atoms with Gasteiger partial charge in [0.15, 0.2) is 5.78 Å². The van der Waals surface area contributed by atoms with Crippen molar-refractivity contribution in [1.29, 1.82) is 5.26 Å². The summed E-state index contributed by atoms with van der Waals surface area (Å²) < 4.78 is 1.99. The molecule has 2 aromatic heterocycles. The van der Waals surface area contributed by atoms with Gasteiger partial charge in [-0.15, -0.1) is 0 Å². The number of aryl methyl sites for hydroxylation is 1. The molecule has 0 bridgehead atoms. The number of hydrogen-bond acceptors (Lipinski definition) is 4. The number of carbonyl (C=O) groups excluding carboxylic acids is 1. The fourth-order valence-electron chi connectivity index (χ4n) is 6.68. The molecule has 0 amide bonds. The maximum Gasteiger partial charge on any atom is 0.153 e. The normalized spacial score (nSPS) is 25.5. The van der Waals surface area contributed by atoms with Crippen molar-refractivity contribution >= 4 is 5.78 Å². The highest BCUT2D eigenvalue weighted by atomic mass is 16.1. The van der Waals surface area contributed by atoms with Gasteiger partial charge in [-0.1, -0.05) is 55.5 Å². The minimum absolute atomic E-state index is 0.0801. The van der Waals surface area contributed by atoms with Gasteiger partial charge < -0.3 is 0 Å². The molecule has 6 nitrogen and oxygen atoms in total. The Hall–Kier alpha value is -3.98. The molecule has 4 atom stereocenters. The summed E-state index contributed by atoms with van der Waals surface area (Å²) in [7, 11) is 2.01. The zero-order valence-corrected chi connectivity index (χ0v) is 19.9. The van der Waals surface area contributed by atoms with E-state index in [0.717, 1.165) is 46.5 Å². The number of Topliss-reactive ketones (excluding diaryl/α,β-unsaturated/α-hetero) is 1. The first-order valence-electron chi connectivity index (χ1n) is 12.2. The molecule has 6 rings (SSSR count). The molecule has 4 aromatic rings. The van der Waals surface area contributed by atoms with Crippen molar-refractivity contribution < 1.29 is 4.79 Å². The highest BCUT2D eigenvalue weighted by Gasteiger charge is 2.57. The topological polar surface area (TPSA) is 87.4 Å². The second-order valence-corrected chi connectivity index (χ2v) is 9.93. The second-order valence-electron chi connectivity index (χ2n) is 9.93. The molecule has 1 saturated carbocycles. The van der Waals surface area contributed by atoms with E-state index in [1.807, 2.05) is 37.1 Å². The van der Waals surface area contributed by atoms with Crippen LogP contribution >= 0.6 is 0 Å². The summed E-state index contributed by atoms with van der Waals surface area (Å²) >= 11 is 0. The first-order chi connectivity index (χ1) is 17.0. The zero-order chi connectivity index (χ0) is 24.2. The summed E-state index contributed by atoms with van der Waals surface area (Å²) in [4.78, 5) is 13.1. The molecular formula is C29H27N5O. The molecule has 2 aromatic carbocycles. The van der Waals surface area contributed by atoms with Crippen molar-refractivity contribution in [2.45, 2.75) is 31.6 Å². The standard InChI is InChI=1S/C29H27N5O/c1-18-25-12-11-24-26(20-8-6-7-19(13-20)22-16-31-32-17-22)34(2)33-28(24)29(25,14-21(15-30)27(18)35)23-9-4-3-5-10-23/h3-10,13,16-18,21,25H,11-12,14H2,1-2H3,(H,31,32)/t18-,21?,25-,29-/m0/s1. The molecule has 0 aliphatic heterocycles. The predicted molar refractivity (Wildman–Crippen MR) is 133 cm³/mol. The Bertz CT molecular complexity index is 1450. The van der Waals surface area contributed by atoms with Gasteiger partial charge in [-0.05, 0) is 42.4 Å². The Morgan fingerprint density at radius 2 is 1.91 bits per heavy atom. The highest BCUT2D eigenvalue weighted by Crippen LogP contribution is 2.57. The Morgan fingerprint density at radius 1 is 1.11 bits per heavy atom. The summed E-state index contributed by atoms with van der Waals surface area (Å²) in [6.45, 7) is 2.01. The average molecular weight is 462 g/mol. The maximum atomic E-state index is 13.1. The van der Waals surface area contributed by atoms with Gasteiger partial charge in [0, 0.05) is 41.3 Å². The number of ketones is 1. The smallest absolute Gasteiger partial charge is 0.153 e. The van der Waals surface area contributed by atoms with E-state index in [0.29, 0.717) is 6.42 Å². The minimum Gasteiger partial charge on any atom is -0.298 e. The average Bonchev–Trinajstić information content (AvgIpc) is 3.55. The van der Waals surface area contributed by atoms with Crippen LogP contribution in [-0.4, -0.2) is 25.8 Å². The molecule has 2 aliphatic rings. The van der Waals surface area contributed by atoms with Crippen molar-refractivity contribution in [2.24, 2.45) is 24.8 Å². The monoisotopic (exact) mass is 461 g/mol. The van der Waals surface area contributed by atoms with E-state index in [1.54, 1.807) is 0 Å². The second kappa shape index (κ2) is 8.06. The lowest BCUT2D eigenvalue weighted by atomic mass is 9.51. The van der Waals surface area contributed by atoms with Gasteiger partial charge in [-0.3, -0.25) is 14.6 Å². The Balaban J connectivity index is 1.57. The van der Waals surface area contributed by atoms with E-state index in [2.05, 4.69) is 64.8 Å². The summed E-state index contributed by atoms with van der Waals surface area (Å²) in [5, 5.41) is 22.1. The van der Waals surface area contributed by atoms with Crippen LogP contribution in [0.2, 0.25) is 0 Å². The van der Waals surface area contributed by atoms with Crippen LogP contribution in [-0.2, 0) is 23.7 Å². The highest BCUT2D eigenvalue weighted by molar-refractivity contribution is 5.88. The molecule has 1 unspecified atom stereocenters. The van der Waals surface area contributed by atoms with E-state index < -0.39 is 11.3 Å². The van der Waals surface area contributed by atoms with E-state index in [9.17, 15) is 10.1 Å². The zero-order valence-electron chi connectivity index (χ0n) is 19.9. The van der Waals surface area contributed by atoms with Gasteiger partial charge in [0.1, 0.15) is 5.92 Å². The molecule has 1 N–H and O–H groups in total. The summed E-state index contributed by atoms with van der Waals surface area (Å²) in [6.07, 6.45) is 5.97. The van der Waals surface area contributed by atoms with Crippen LogP contribution in [0.15, 0.2) is 67.0 Å². The summed E-state index contributed by atoms with van der Waals surface area (Å²) in [5.74, 6) is -0.607. The molecule has 35 heavy (non-hydrogen) atoms. The number of nitrogens with one attached hydrogen (secondary N) is 1. The van der Waals surface area contributed by atoms with Gasteiger partial charge in [0.2, 0.25) is 0 Å². The third kappa shape index (κ3) is 3.11. The van der Waals surface area contributed by atoms with Crippen molar-refractivity contribution in [1.82, 2.24) is 20.0 Å². The molecule has 0 spiro atoms. The molecule has 0 radical (unpaired) electrons. The number of fused-ring (bicyclic) bond motifs is 3. The van der Waals surface area contributed by atoms with Crippen molar-refractivity contribution in [3.8, 4) is 28.5 Å². The molecule has 6 heteroatoms. The van der Waals surface area contributed by atoms with Crippen LogP contribution in [0.1, 0.15) is 36.6 Å². The van der Waals surface area contributed by atoms with Crippen LogP contribution in [0.25, 0.3) is 22.4 Å². The van der Waals surface area contributed by atoms with Gasteiger partial charge in [0.25, 0.3) is 0 Å². The van der Waals surface area contributed by atoms with Crippen LogP contribution < -0.4 is 0 Å². The van der Waals surface area contributed by atoms with Crippen LogP contribution in [0.3, 0.4) is 0 Å². The molecule has 2 heterocycles. The fraction of sp³-hybridized carbons (Fsp3) is 0.310. The van der Waals surface area contributed by atoms with Crippen LogP contribution in [0.5, 0.6) is 0 Å². The van der Waals surface area contributed by atoms with Crippen molar-refractivity contribution in [3.63, 3.8) is 0 Å². The summed E-state index contributed by atoms with van der Waals surface area (Å²) in [6, 6.07) is 21.2. The fourth-order valence-corrected chi connectivity index (χ4v) is 6.68. The number of H-pyrrole nitrogens is 1. The quantitative estimate of drug-likeness (QED) is 0.461. The molecule has 0 saturated heterocycles. The van der Waals surface area contributed by atoms with E-state index in [-0.39, 0.29) is 17.6 Å². The minimum atomic E-state index is -0.623. The van der Waals surface area contributed by atoms with E-state index in [1.165, 1.54) is 5.56 Å². The van der Waals surface area contributed by atoms with Crippen molar-refractivity contribution in [3.05, 3.63) is 83.8 Å². The number of nitrogens with zero attached hydrogens (tertiary/aromatic N) is 4.